The van der Waals surface area contributed by atoms with Crippen molar-refractivity contribution in [3.05, 3.63) is 0 Å². The first-order valence-electron chi connectivity index (χ1n) is 7.52. The van der Waals surface area contributed by atoms with Gasteiger partial charge in [-0.3, -0.25) is 4.79 Å². The summed E-state index contributed by atoms with van der Waals surface area (Å²) in [5, 5.41) is 0. The van der Waals surface area contributed by atoms with Gasteiger partial charge < -0.3 is 10.6 Å². The van der Waals surface area contributed by atoms with E-state index >= 15 is 0 Å². The SMILES string of the molecule is CC1(C)CN(C(=O)CCC2CCCC2)CCC1N.Cl. The molecule has 2 N–H and O–H groups in total. The van der Waals surface area contributed by atoms with Crippen molar-refractivity contribution in [2.45, 2.75) is 64.8 Å². The summed E-state index contributed by atoms with van der Waals surface area (Å²) in [4.78, 5) is 14.3. The van der Waals surface area contributed by atoms with Crippen LogP contribution in [0.25, 0.3) is 0 Å². The summed E-state index contributed by atoms with van der Waals surface area (Å²) < 4.78 is 0. The van der Waals surface area contributed by atoms with E-state index in [1.807, 2.05) is 4.90 Å². The van der Waals surface area contributed by atoms with Crippen molar-refractivity contribution in [3.8, 4) is 0 Å². The lowest BCUT2D eigenvalue weighted by Crippen LogP contribution is -2.54. The minimum Gasteiger partial charge on any atom is -0.342 e. The molecule has 1 saturated heterocycles. The molecular weight excluding hydrogens is 260 g/mol. The Hall–Kier alpha value is -0.280. The van der Waals surface area contributed by atoms with E-state index in [2.05, 4.69) is 13.8 Å². The highest BCUT2D eigenvalue weighted by molar-refractivity contribution is 5.85. The number of halogens is 1. The Morgan fingerprint density at radius 1 is 1.26 bits per heavy atom. The van der Waals surface area contributed by atoms with Crippen LogP contribution in [0.5, 0.6) is 0 Å². The van der Waals surface area contributed by atoms with Crippen LogP contribution in [0.2, 0.25) is 0 Å². The van der Waals surface area contributed by atoms with E-state index in [9.17, 15) is 4.79 Å². The highest BCUT2D eigenvalue weighted by Gasteiger charge is 2.35. The van der Waals surface area contributed by atoms with Crippen LogP contribution >= 0.6 is 12.4 Å². The fourth-order valence-corrected chi connectivity index (χ4v) is 3.37. The Labute approximate surface area is 123 Å². The molecule has 1 unspecified atom stereocenters. The van der Waals surface area contributed by atoms with Crippen molar-refractivity contribution in [3.63, 3.8) is 0 Å². The van der Waals surface area contributed by atoms with Gasteiger partial charge in [0.2, 0.25) is 5.91 Å². The maximum Gasteiger partial charge on any atom is 0.222 e. The zero-order valence-electron chi connectivity index (χ0n) is 12.4. The molecule has 0 aromatic rings. The monoisotopic (exact) mass is 288 g/mol. The predicted octanol–water partition coefficient (Wildman–Crippen LogP) is 2.96. The van der Waals surface area contributed by atoms with E-state index in [0.717, 1.165) is 38.3 Å². The van der Waals surface area contributed by atoms with Crippen molar-refractivity contribution in [2.24, 2.45) is 17.1 Å². The van der Waals surface area contributed by atoms with Crippen LogP contribution in [0.1, 0.15) is 58.8 Å². The van der Waals surface area contributed by atoms with Crippen LogP contribution in [-0.4, -0.2) is 29.9 Å². The molecule has 0 aromatic heterocycles. The molecule has 2 fully saturated rings. The molecular formula is C15H29ClN2O. The fraction of sp³-hybridized carbons (Fsp3) is 0.933. The van der Waals surface area contributed by atoms with Gasteiger partial charge in [0.1, 0.15) is 0 Å². The summed E-state index contributed by atoms with van der Waals surface area (Å²) in [5.41, 5.74) is 6.18. The van der Waals surface area contributed by atoms with Gasteiger partial charge in [0.15, 0.2) is 0 Å². The molecule has 1 amide bonds. The third-order valence-electron chi connectivity index (χ3n) is 4.91. The van der Waals surface area contributed by atoms with Gasteiger partial charge in [-0.2, -0.15) is 0 Å². The molecule has 0 spiro atoms. The van der Waals surface area contributed by atoms with Crippen molar-refractivity contribution in [1.82, 2.24) is 4.90 Å². The standard InChI is InChI=1S/C15H28N2O.ClH/c1-15(2)11-17(10-9-13(15)16)14(18)8-7-12-5-3-4-6-12;/h12-13H,3-11,16H2,1-2H3;1H. The van der Waals surface area contributed by atoms with Gasteiger partial charge in [0, 0.05) is 25.6 Å². The van der Waals surface area contributed by atoms with E-state index in [0.29, 0.717) is 5.91 Å². The number of nitrogens with two attached hydrogens (primary N) is 1. The van der Waals surface area contributed by atoms with Crippen molar-refractivity contribution < 1.29 is 4.79 Å². The molecule has 19 heavy (non-hydrogen) atoms. The average molecular weight is 289 g/mol. The lowest BCUT2D eigenvalue weighted by Gasteiger charge is -2.42. The first-order valence-corrected chi connectivity index (χ1v) is 7.52. The Kier molecular flexibility index (Phi) is 6.13. The minimum absolute atomic E-state index is 0. The summed E-state index contributed by atoms with van der Waals surface area (Å²) in [5.74, 6) is 1.16. The molecule has 112 valence electrons. The zero-order chi connectivity index (χ0) is 13.2. The third-order valence-corrected chi connectivity index (χ3v) is 4.91. The maximum atomic E-state index is 12.2. The molecule has 1 aliphatic heterocycles. The number of carbonyl (C=O) groups excluding carboxylic acids is 1. The van der Waals surface area contributed by atoms with Crippen LogP contribution < -0.4 is 5.73 Å². The maximum absolute atomic E-state index is 12.2. The summed E-state index contributed by atoms with van der Waals surface area (Å²) >= 11 is 0. The lowest BCUT2D eigenvalue weighted by molar-refractivity contribution is -0.134. The summed E-state index contributed by atoms with van der Waals surface area (Å²) in [6.45, 7) is 6.04. The molecule has 2 rings (SSSR count). The molecule has 0 aromatic carbocycles. The topological polar surface area (TPSA) is 46.3 Å². The van der Waals surface area contributed by atoms with Gasteiger partial charge in [0.05, 0.1) is 0 Å². The van der Waals surface area contributed by atoms with Crippen molar-refractivity contribution >= 4 is 18.3 Å². The first-order chi connectivity index (χ1) is 8.49. The number of hydrogen-bond donors (Lipinski definition) is 1. The number of piperidine rings is 1. The quantitative estimate of drug-likeness (QED) is 0.868. The summed E-state index contributed by atoms with van der Waals surface area (Å²) in [7, 11) is 0. The van der Waals surface area contributed by atoms with Crippen LogP contribution in [0.4, 0.5) is 0 Å². The number of likely N-dealkylation sites (tertiary alicyclic amines) is 1. The molecule has 1 aliphatic carbocycles. The largest absolute Gasteiger partial charge is 0.342 e. The second kappa shape index (κ2) is 6.94. The zero-order valence-corrected chi connectivity index (χ0v) is 13.2. The Morgan fingerprint density at radius 3 is 2.47 bits per heavy atom. The number of amides is 1. The van der Waals surface area contributed by atoms with E-state index in [-0.39, 0.29) is 23.9 Å². The van der Waals surface area contributed by atoms with Crippen LogP contribution in [-0.2, 0) is 4.79 Å². The van der Waals surface area contributed by atoms with E-state index < -0.39 is 0 Å². The second-order valence-electron chi connectivity index (χ2n) is 6.89. The number of carbonyl (C=O) groups is 1. The van der Waals surface area contributed by atoms with Crippen molar-refractivity contribution in [1.29, 1.82) is 0 Å². The number of rotatable bonds is 3. The van der Waals surface area contributed by atoms with Gasteiger partial charge in [-0.15, -0.1) is 12.4 Å². The minimum atomic E-state index is 0. The predicted molar refractivity (Wildman–Crippen MR) is 81.4 cm³/mol. The van der Waals surface area contributed by atoms with Crippen LogP contribution in [0.3, 0.4) is 0 Å². The molecule has 1 saturated carbocycles. The van der Waals surface area contributed by atoms with E-state index in [1.165, 1.54) is 25.7 Å². The van der Waals surface area contributed by atoms with Gasteiger partial charge in [-0.1, -0.05) is 39.5 Å². The Balaban J connectivity index is 0.00000180. The number of hydrogen-bond acceptors (Lipinski definition) is 2. The van der Waals surface area contributed by atoms with Gasteiger partial charge >= 0.3 is 0 Å². The highest BCUT2D eigenvalue weighted by Crippen LogP contribution is 2.31. The summed E-state index contributed by atoms with van der Waals surface area (Å²) in [6, 6.07) is 0.233. The molecule has 0 bridgehead atoms. The van der Waals surface area contributed by atoms with Gasteiger partial charge in [-0.25, -0.2) is 0 Å². The molecule has 1 heterocycles. The van der Waals surface area contributed by atoms with Gasteiger partial charge in [-0.05, 0) is 24.2 Å². The molecule has 1 atom stereocenters. The fourth-order valence-electron chi connectivity index (χ4n) is 3.37. The third kappa shape index (κ3) is 4.35. The second-order valence-corrected chi connectivity index (χ2v) is 6.89. The number of nitrogens with zero attached hydrogens (tertiary/aromatic N) is 1. The first kappa shape index (κ1) is 16.8. The molecule has 2 aliphatic rings. The molecule has 4 heteroatoms. The van der Waals surface area contributed by atoms with E-state index in [1.54, 1.807) is 0 Å². The molecule has 0 radical (unpaired) electrons. The molecule has 3 nitrogen and oxygen atoms in total. The van der Waals surface area contributed by atoms with Crippen LogP contribution in [0.15, 0.2) is 0 Å². The van der Waals surface area contributed by atoms with Crippen molar-refractivity contribution in [2.75, 3.05) is 13.1 Å². The Bertz CT molecular complexity index is 301. The lowest BCUT2D eigenvalue weighted by atomic mass is 9.79. The van der Waals surface area contributed by atoms with Crippen LogP contribution in [0, 0.1) is 11.3 Å². The Morgan fingerprint density at radius 2 is 1.89 bits per heavy atom. The van der Waals surface area contributed by atoms with E-state index in [4.69, 9.17) is 5.73 Å². The summed E-state index contributed by atoms with van der Waals surface area (Å²) in [6.07, 6.45) is 8.20. The smallest absolute Gasteiger partial charge is 0.222 e. The highest BCUT2D eigenvalue weighted by atomic mass is 35.5. The average Bonchev–Trinajstić information content (AvgIpc) is 2.82. The normalized spacial score (nSPS) is 27.1. The van der Waals surface area contributed by atoms with Gasteiger partial charge in [0.25, 0.3) is 0 Å².